The Labute approximate surface area is 171 Å². The Morgan fingerprint density at radius 2 is 1.86 bits per heavy atom. The Kier molecular flexibility index (Phi) is 7.22. The number of halogens is 1. The number of carbonyl (C=O) groups excluding carboxylic acids is 2. The van der Waals surface area contributed by atoms with Gasteiger partial charge in [-0.1, -0.05) is 30.3 Å². The molecule has 2 aromatic carbocycles. The minimum Gasteiger partial charge on any atom is -0.351 e. The normalized spacial score (nSPS) is 10.5. The zero-order chi connectivity index (χ0) is 19.8. The van der Waals surface area contributed by atoms with Crippen LogP contribution >= 0.6 is 23.1 Å². The maximum atomic E-state index is 13.6. The van der Waals surface area contributed by atoms with Crippen LogP contribution < -0.4 is 10.6 Å². The molecular formula is C21H19FN2O2S2. The zero-order valence-corrected chi connectivity index (χ0v) is 16.6. The molecule has 0 radical (unpaired) electrons. The van der Waals surface area contributed by atoms with Crippen molar-refractivity contribution in [1.29, 1.82) is 0 Å². The number of hydrogen-bond acceptors (Lipinski definition) is 4. The van der Waals surface area contributed by atoms with E-state index < -0.39 is 0 Å². The van der Waals surface area contributed by atoms with Gasteiger partial charge in [-0.15, -0.1) is 11.3 Å². The van der Waals surface area contributed by atoms with Gasteiger partial charge < -0.3 is 10.6 Å². The Balaban J connectivity index is 1.45. The standard InChI is InChI=1S/C21H19FN2O2S2/c22-18-8-2-1-5-16(18)14-27-12-10-23-20(25)15-6-3-7-17(13-15)24-21(26)19-9-4-11-28-19/h1-9,11,13H,10,12,14H2,(H,23,25)(H,24,26). The van der Waals surface area contributed by atoms with Gasteiger partial charge in [-0.3, -0.25) is 9.59 Å². The fourth-order valence-corrected chi connectivity index (χ4v) is 3.94. The lowest BCUT2D eigenvalue weighted by molar-refractivity contribution is 0.0954. The summed E-state index contributed by atoms with van der Waals surface area (Å²) in [5, 5.41) is 7.47. The number of hydrogen-bond donors (Lipinski definition) is 2. The van der Waals surface area contributed by atoms with Crippen LogP contribution in [0, 0.1) is 5.82 Å². The van der Waals surface area contributed by atoms with Gasteiger partial charge >= 0.3 is 0 Å². The van der Waals surface area contributed by atoms with Gasteiger partial charge in [0.15, 0.2) is 0 Å². The molecule has 0 saturated carbocycles. The van der Waals surface area contributed by atoms with Crippen LogP contribution in [0.15, 0.2) is 66.0 Å². The van der Waals surface area contributed by atoms with E-state index in [1.807, 2.05) is 17.5 Å². The van der Waals surface area contributed by atoms with Gasteiger partial charge in [0.2, 0.25) is 0 Å². The molecule has 2 amide bonds. The van der Waals surface area contributed by atoms with E-state index in [1.165, 1.54) is 17.4 Å². The first-order valence-corrected chi connectivity index (χ1v) is 10.7. The summed E-state index contributed by atoms with van der Waals surface area (Å²) in [5.74, 6) is 0.623. The van der Waals surface area contributed by atoms with Crippen molar-refractivity contribution in [3.05, 3.63) is 87.9 Å². The molecule has 0 spiro atoms. The molecule has 1 heterocycles. The van der Waals surface area contributed by atoms with Gasteiger partial charge in [-0.2, -0.15) is 11.8 Å². The van der Waals surface area contributed by atoms with Crippen LogP contribution in [-0.2, 0) is 5.75 Å². The minimum atomic E-state index is -0.210. The summed E-state index contributed by atoms with van der Waals surface area (Å²) >= 11 is 2.92. The first kappa shape index (κ1) is 20.1. The van der Waals surface area contributed by atoms with E-state index in [9.17, 15) is 14.0 Å². The number of carbonyl (C=O) groups is 2. The van der Waals surface area contributed by atoms with E-state index in [4.69, 9.17) is 0 Å². The predicted molar refractivity (Wildman–Crippen MR) is 114 cm³/mol. The fourth-order valence-electron chi connectivity index (χ4n) is 2.48. The van der Waals surface area contributed by atoms with Crippen molar-refractivity contribution in [3.8, 4) is 0 Å². The SMILES string of the molecule is O=C(NCCSCc1ccccc1F)c1cccc(NC(=O)c2cccs2)c1. The lowest BCUT2D eigenvalue weighted by Gasteiger charge is -2.08. The van der Waals surface area contributed by atoms with Crippen LogP contribution in [0.3, 0.4) is 0 Å². The highest BCUT2D eigenvalue weighted by molar-refractivity contribution is 7.98. The second-order valence-corrected chi connectivity index (χ2v) is 7.96. The number of thioether (sulfide) groups is 1. The van der Waals surface area contributed by atoms with Crippen molar-refractivity contribution >= 4 is 40.6 Å². The molecular weight excluding hydrogens is 395 g/mol. The van der Waals surface area contributed by atoms with Crippen LogP contribution in [0.2, 0.25) is 0 Å². The molecule has 0 bridgehead atoms. The quantitative estimate of drug-likeness (QED) is 0.521. The van der Waals surface area contributed by atoms with Crippen molar-refractivity contribution in [2.45, 2.75) is 5.75 Å². The number of amides is 2. The second-order valence-electron chi connectivity index (χ2n) is 5.91. The molecule has 0 fully saturated rings. The lowest BCUT2D eigenvalue weighted by Crippen LogP contribution is -2.25. The largest absolute Gasteiger partial charge is 0.351 e. The third kappa shape index (κ3) is 5.68. The van der Waals surface area contributed by atoms with Gasteiger partial charge in [-0.25, -0.2) is 4.39 Å². The average Bonchev–Trinajstić information content (AvgIpc) is 3.24. The van der Waals surface area contributed by atoms with E-state index in [2.05, 4.69) is 10.6 Å². The molecule has 0 atom stereocenters. The average molecular weight is 415 g/mol. The molecule has 0 aliphatic heterocycles. The number of nitrogens with one attached hydrogen (secondary N) is 2. The van der Waals surface area contributed by atoms with Gasteiger partial charge in [0, 0.05) is 29.3 Å². The topological polar surface area (TPSA) is 58.2 Å². The van der Waals surface area contributed by atoms with Gasteiger partial charge in [0.05, 0.1) is 4.88 Å². The Morgan fingerprint density at radius 1 is 1.00 bits per heavy atom. The smallest absolute Gasteiger partial charge is 0.265 e. The van der Waals surface area contributed by atoms with Crippen molar-refractivity contribution in [2.75, 3.05) is 17.6 Å². The molecule has 0 aliphatic rings. The van der Waals surface area contributed by atoms with Crippen molar-refractivity contribution < 1.29 is 14.0 Å². The van der Waals surface area contributed by atoms with Crippen molar-refractivity contribution in [2.24, 2.45) is 0 Å². The van der Waals surface area contributed by atoms with Crippen LogP contribution in [0.25, 0.3) is 0 Å². The second kappa shape index (κ2) is 10.1. The van der Waals surface area contributed by atoms with Crippen LogP contribution in [0.1, 0.15) is 25.6 Å². The van der Waals surface area contributed by atoms with Gasteiger partial charge in [-0.05, 0) is 41.3 Å². The third-order valence-electron chi connectivity index (χ3n) is 3.87. The van der Waals surface area contributed by atoms with Crippen LogP contribution in [0.4, 0.5) is 10.1 Å². The molecule has 28 heavy (non-hydrogen) atoms. The predicted octanol–water partition coefficient (Wildman–Crippen LogP) is 4.80. The summed E-state index contributed by atoms with van der Waals surface area (Å²) in [6.45, 7) is 0.476. The molecule has 4 nitrogen and oxygen atoms in total. The van der Waals surface area contributed by atoms with Crippen LogP contribution in [-0.4, -0.2) is 24.1 Å². The maximum Gasteiger partial charge on any atom is 0.265 e. The summed E-state index contributed by atoms with van der Waals surface area (Å²) in [5.41, 5.74) is 1.70. The Hall–Kier alpha value is -2.64. The molecule has 0 aliphatic carbocycles. The van der Waals surface area contributed by atoms with Gasteiger partial charge in [0.25, 0.3) is 11.8 Å². The zero-order valence-electron chi connectivity index (χ0n) is 15.0. The summed E-state index contributed by atoms with van der Waals surface area (Å²) in [6.07, 6.45) is 0. The summed E-state index contributed by atoms with van der Waals surface area (Å²) in [6, 6.07) is 17.1. The van der Waals surface area contributed by atoms with E-state index >= 15 is 0 Å². The highest BCUT2D eigenvalue weighted by Crippen LogP contribution is 2.16. The van der Waals surface area contributed by atoms with E-state index in [-0.39, 0.29) is 17.6 Å². The first-order valence-electron chi connectivity index (χ1n) is 8.68. The minimum absolute atomic E-state index is 0.197. The van der Waals surface area contributed by atoms with Crippen molar-refractivity contribution in [3.63, 3.8) is 0 Å². The van der Waals surface area contributed by atoms with Crippen LogP contribution in [0.5, 0.6) is 0 Å². The number of anilines is 1. The summed E-state index contributed by atoms with van der Waals surface area (Å²) < 4.78 is 13.6. The van der Waals surface area contributed by atoms with E-state index in [0.717, 1.165) is 0 Å². The molecule has 3 rings (SSSR count). The Bertz CT molecular complexity index is 945. The van der Waals surface area contributed by atoms with Gasteiger partial charge in [0.1, 0.15) is 5.82 Å². The number of rotatable bonds is 8. The van der Waals surface area contributed by atoms with Crippen molar-refractivity contribution in [1.82, 2.24) is 5.32 Å². The molecule has 144 valence electrons. The highest BCUT2D eigenvalue weighted by atomic mass is 32.2. The third-order valence-corrected chi connectivity index (χ3v) is 5.75. The lowest BCUT2D eigenvalue weighted by atomic mass is 10.2. The molecule has 0 saturated heterocycles. The Morgan fingerprint density at radius 3 is 2.64 bits per heavy atom. The highest BCUT2D eigenvalue weighted by Gasteiger charge is 2.10. The summed E-state index contributed by atoms with van der Waals surface area (Å²) in [4.78, 5) is 25.0. The molecule has 0 unspecified atom stereocenters. The molecule has 3 aromatic rings. The molecule has 1 aromatic heterocycles. The summed E-state index contributed by atoms with van der Waals surface area (Å²) in [7, 11) is 0. The van der Waals surface area contributed by atoms with E-state index in [1.54, 1.807) is 54.2 Å². The van der Waals surface area contributed by atoms with E-state index in [0.29, 0.717) is 39.7 Å². The number of thiophene rings is 1. The maximum absolute atomic E-state index is 13.6. The monoisotopic (exact) mass is 414 g/mol. The number of benzene rings is 2. The molecule has 2 N–H and O–H groups in total. The molecule has 7 heteroatoms. The first-order chi connectivity index (χ1) is 13.6. The fraction of sp³-hybridized carbons (Fsp3) is 0.143.